The van der Waals surface area contributed by atoms with Crippen LogP contribution in [0, 0.1) is 12.3 Å². The molecule has 0 saturated carbocycles. The quantitative estimate of drug-likeness (QED) is 0.409. The second-order valence-corrected chi connectivity index (χ2v) is 7.42. The van der Waals surface area contributed by atoms with E-state index in [0.29, 0.717) is 5.41 Å². The van der Waals surface area contributed by atoms with Crippen LogP contribution in [0.2, 0.25) is 0 Å². The summed E-state index contributed by atoms with van der Waals surface area (Å²) in [6, 6.07) is 8.94. The molecule has 0 N–H and O–H groups in total. The molecule has 0 nitrogen and oxygen atoms in total. The lowest BCUT2D eigenvalue weighted by Gasteiger charge is -2.20. The summed E-state index contributed by atoms with van der Waals surface area (Å²) in [5.41, 5.74) is 3.45. The van der Waals surface area contributed by atoms with Gasteiger partial charge < -0.3 is 0 Å². The molecule has 22 heavy (non-hydrogen) atoms. The fourth-order valence-corrected chi connectivity index (χ4v) is 2.54. The topological polar surface area (TPSA) is 0 Å². The highest BCUT2D eigenvalue weighted by Gasteiger charge is 2.11. The highest BCUT2D eigenvalue weighted by molar-refractivity contribution is 5.21. The summed E-state index contributed by atoms with van der Waals surface area (Å²) in [6.45, 7) is 13.6. The van der Waals surface area contributed by atoms with Crippen LogP contribution in [0.4, 0.5) is 0 Å². The van der Waals surface area contributed by atoms with E-state index in [4.69, 9.17) is 0 Å². The van der Waals surface area contributed by atoms with Gasteiger partial charge in [-0.2, -0.15) is 0 Å². The molecule has 0 atom stereocenters. The highest BCUT2D eigenvalue weighted by atomic mass is 14.2. The summed E-state index contributed by atoms with van der Waals surface area (Å²) in [6.07, 6.45) is 12.1. The van der Waals surface area contributed by atoms with Gasteiger partial charge in [-0.3, -0.25) is 0 Å². The molecule has 128 valence electrons. The number of unbranched alkanes of at least 4 members (excludes halogenated alkanes) is 4. The van der Waals surface area contributed by atoms with Crippen molar-refractivity contribution < 1.29 is 0 Å². The van der Waals surface area contributed by atoms with Crippen LogP contribution in [0.5, 0.6) is 0 Å². The average Bonchev–Trinajstić information content (AvgIpc) is 2.50. The van der Waals surface area contributed by atoms with E-state index in [2.05, 4.69) is 65.8 Å². The monoisotopic (exact) mass is 304 g/mol. The van der Waals surface area contributed by atoms with Crippen LogP contribution in [-0.4, -0.2) is 0 Å². The molecule has 0 heteroatoms. The van der Waals surface area contributed by atoms with E-state index < -0.39 is 0 Å². The predicted molar refractivity (Wildman–Crippen MR) is 103 cm³/mol. The number of rotatable bonds is 9. The van der Waals surface area contributed by atoms with E-state index in [-0.39, 0.29) is 0 Å². The van der Waals surface area contributed by atoms with Crippen molar-refractivity contribution in [2.75, 3.05) is 0 Å². The molecule has 0 aliphatic heterocycles. The minimum Gasteiger partial charge on any atom is -0.0654 e. The first-order valence-electron chi connectivity index (χ1n) is 9.50. The SMILES string of the molecule is CCCC(C)(C)CC.CCCCCCCc1ccc(C)cc1. The van der Waals surface area contributed by atoms with Gasteiger partial charge in [-0.1, -0.05) is 103 Å². The van der Waals surface area contributed by atoms with Crippen molar-refractivity contribution in [2.45, 2.75) is 99.3 Å². The Balaban J connectivity index is 0.000000472. The fraction of sp³-hybridized carbons (Fsp3) is 0.727. The van der Waals surface area contributed by atoms with Crippen LogP contribution in [0.3, 0.4) is 0 Å². The number of hydrogen-bond acceptors (Lipinski definition) is 0. The van der Waals surface area contributed by atoms with Gasteiger partial charge >= 0.3 is 0 Å². The van der Waals surface area contributed by atoms with Crippen molar-refractivity contribution >= 4 is 0 Å². The van der Waals surface area contributed by atoms with Crippen LogP contribution < -0.4 is 0 Å². The molecule has 0 radical (unpaired) electrons. The van der Waals surface area contributed by atoms with Crippen LogP contribution >= 0.6 is 0 Å². The van der Waals surface area contributed by atoms with Gasteiger partial charge in [0.05, 0.1) is 0 Å². The molecule has 1 rings (SSSR count). The first-order valence-corrected chi connectivity index (χ1v) is 9.50. The Morgan fingerprint density at radius 3 is 1.82 bits per heavy atom. The van der Waals surface area contributed by atoms with Gasteiger partial charge in [-0.15, -0.1) is 0 Å². The molecule has 0 saturated heterocycles. The van der Waals surface area contributed by atoms with E-state index in [1.165, 1.54) is 68.9 Å². The standard InChI is InChI=1S/C14H22.C8H18/c1-3-4-5-6-7-8-14-11-9-13(2)10-12-14;1-5-7-8(3,4)6-2/h9-12H,3-8H2,1-2H3;5-7H2,1-4H3. The molecule has 0 aliphatic rings. The maximum Gasteiger partial charge on any atom is -0.0279 e. The van der Waals surface area contributed by atoms with Gasteiger partial charge in [-0.25, -0.2) is 0 Å². The van der Waals surface area contributed by atoms with Crippen molar-refractivity contribution in [1.82, 2.24) is 0 Å². The number of aryl methyl sites for hydroxylation is 2. The van der Waals surface area contributed by atoms with Gasteiger partial charge in [0.2, 0.25) is 0 Å². The minimum atomic E-state index is 0.592. The molecule has 1 aromatic carbocycles. The molecular formula is C22H40. The number of hydrogen-bond donors (Lipinski definition) is 0. The zero-order valence-electron chi connectivity index (χ0n) is 16.2. The molecule has 0 unspecified atom stereocenters. The van der Waals surface area contributed by atoms with Crippen molar-refractivity contribution in [1.29, 1.82) is 0 Å². The Morgan fingerprint density at radius 1 is 0.773 bits per heavy atom. The van der Waals surface area contributed by atoms with Crippen LogP contribution in [0.25, 0.3) is 0 Å². The Labute approximate surface area is 140 Å². The van der Waals surface area contributed by atoms with Crippen molar-refractivity contribution in [3.05, 3.63) is 35.4 Å². The lowest BCUT2D eigenvalue weighted by molar-refractivity contribution is 0.319. The van der Waals surface area contributed by atoms with Gasteiger partial charge in [0.25, 0.3) is 0 Å². The third-order valence-electron chi connectivity index (χ3n) is 4.57. The second kappa shape index (κ2) is 12.7. The molecule has 0 aromatic heterocycles. The van der Waals surface area contributed by atoms with E-state index in [9.17, 15) is 0 Å². The lowest BCUT2D eigenvalue weighted by atomic mass is 9.86. The van der Waals surface area contributed by atoms with Crippen molar-refractivity contribution in [3.63, 3.8) is 0 Å². The Kier molecular flexibility index (Phi) is 12.3. The lowest BCUT2D eigenvalue weighted by Crippen LogP contribution is -2.07. The fourth-order valence-electron chi connectivity index (χ4n) is 2.54. The Hall–Kier alpha value is -0.780. The summed E-state index contributed by atoms with van der Waals surface area (Å²) in [5, 5.41) is 0. The van der Waals surface area contributed by atoms with Crippen LogP contribution in [0.1, 0.15) is 97.1 Å². The van der Waals surface area contributed by atoms with Crippen LogP contribution in [-0.2, 0) is 6.42 Å². The molecule has 0 amide bonds. The van der Waals surface area contributed by atoms with E-state index in [0.717, 1.165) is 0 Å². The summed E-state index contributed by atoms with van der Waals surface area (Å²) in [4.78, 5) is 0. The molecule has 1 aromatic rings. The zero-order valence-corrected chi connectivity index (χ0v) is 16.2. The van der Waals surface area contributed by atoms with Crippen molar-refractivity contribution in [2.24, 2.45) is 5.41 Å². The van der Waals surface area contributed by atoms with Gasteiger partial charge in [0.15, 0.2) is 0 Å². The van der Waals surface area contributed by atoms with Crippen molar-refractivity contribution in [3.8, 4) is 0 Å². The Morgan fingerprint density at radius 2 is 1.36 bits per heavy atom. The average molecular weight is 305 g/mol. The summed E-state index contributed by atoms with van der Waals surface area (Å²) < 4.78 is 0. The highest BCUT2D eigenvalue weighted by Crippen LogP contribution is 2.25. The number of benzene rings is 1. The third kappa shape index (κ3) is 11.8. The summed E-state index contributed by atoms with van der Waals surface area (Å²) >= 11 is 0. The third-order valence-corrected chi connectivity index (χ3v) is 4.57. The molecule has 0 fully saturated rings. The summed E-state index contributed by atoms with van der Waals surface area (Å²) in [5.74, 6) is 0. The smallest absolute Gasteiger partial charge is 0.0279 e. The molecule has 0 aliphatic carbocycles. The summed E-state index contributed by atoms with van der Waals surface area (Å²) in [7, 11) is 0. The normalized spacial score (nSPS) is 11.0. The molecular weight excluding hydrogens is 264 g/mol. The maximum atomic E-state index is 2.33. The van der Waals surface area contributed by atoms with E-state index in [1.807, 2.05) is 0 Å². The maximum absolute atomic E-state index is 2.33. The first kappa shape index (κ1) is 21.2. The predicted octanol–water partition coefficient (Wildman–Crippen LogP) is 7.73. The molecule has 0 heterocycles. The molecule has 0 bridgehead atoms. The van der Waals surface area contributed by atoms with Gasteiger partial charge in [-0.05, 0) is 37.2 Å². The van der Waals surface area contributed by atoms with E-state index in [1.54, 1.807) is 0 Å². The zero-order chi connectivity index (χ0) is 16.8. The molecule has 0 spiro atoms. The first-order chi connectivity index (χ1) is 10.4. The van der Waals surface area contributed by atoms with E-state index >= 15 is 0 Å². The Bertz CT molecular complexity index is 345. The van der Waals surface area contributed by atoms with Gasteiger partial charge in [0, 0.05) is 0 Å². The second-order valence-electron chi connectivity index (χ2n) is 7.42. The van der Waals surface area contributed by atoms with Crippen LogP contribution in [0.15, 0.2) is 24.3 Å². The minimum absolute atomic E-state index is 0.592. The van der Waals surface area contributed by atoms with Gasteiger partial charge in [0.1, 0.15) is 0 Å². The largest absolute Gasteiger partial charge is 0.0654 e.